The number of nitrogens with one attached hydrogen (secondary N) is 1. The maximum atomic E-state index is 12.7. The number of benzene rings is 1. The van der Waals surface area contributed by atoms with Crippen LogP contribution in [0, 0.1) is 10.1 Å². The lowest BCUT2D eigenvalue weighted by Gasteiger charge is -2.20. The van der Waals surface area contributed by atoms with Crippen molar-refractivity contribution in [2.45, 2.75) is 13.8 Å². The van der Waals surface area contributed by atoms with Gasteiger partial charge in [0.1, 0.15) is 5.76 Å². The minimum Gasteiger partial charge on any atom is -0.870 e. The lowest BCUT2D eigenvalue weighted by molar-refractivity contribution is -0.387. The van der Waals surface area contributed by atoms with Crippen LogP contribution in [-0.2, 0) is 9.57 Å². The van der Waals surface area contributed by atoms with Crippen molar-refractivity contribution in [2.75, 3.05) is 13.7 Å². The van der Waals surface area contributed by atoms with Gasteiger partial charge in [-0.05, 0) is 19.9 Å². The van der Waals surface area contributed by atoms with E-state index in [4.69, 9.17) is 14.3 Å². The second-order valence-corrected chi connectivity index (χ2v) is 4.88. The lowest BCUT2D eigenvalue weighted by Crippen LogP contribution is -2.19. The molecule has 2 N–H and O–H groups in total. The molecule has 0 bridgehead atoms. The van der Waals surface area contributed by atoms with E-state index in [2.05, 4.69) is 5.48 Å². The highest BCUT2D eigenvalue weighted by molar-refractivity contribution is 5.98. The van der Waals surface area contributed by atoms with Gasteiger partial charge in [0.15, 0.2) is 5.75 Å². The summed E-state index contributed by atoms with van der Waals surface area (Å²) < 4.78 is 9.70. The first-order chi connectivity index (χ1) is 11.8. The summed E-state index contributed by atoms with van der Waals surface area (Å²) in [6.07, 6.45) is 1.31. The Hall–Kier alpha value is -3.43. The molecule has 1 aliphatic heterocycles. The van der Waals surface area contributed by atoms with Gasteiger partial charge in [-0.15, -0.1) is 0 Å². The number of allylic oxidation sites excluding steroid dienone is 2. The molecule has 0 atom stereocenters. The molecule has 0 radical (unpaired) electrons. The summed E-state index contributed by atoms with van der Waals surface area (Å²) in [7, 11) is 1.16. The van der Waals surface area contributed by atoms with Gasteiger partial charge in [0.2, 0.25) is 5.75 Å². The van der Waals surface area contributed by atoms with Crippen LogP contribution < -0.4 is 15.3 Å². The number of phenolic OH excluding ortho intramolecular Hbond substituents is 1. The number of aromatic hydroxyl groups is 1. The number of rotatable bonds is 5. The first-order valence-electron chi connectivity index (χ1n) is 7.10. The fourth-order valence-corrected chi connectivity index (χ4v) is 2.21. The molecule has 0 spiro atoms. The van der Waals surface area contributed by atoms with Crippen molar-refractivity contribution in [3.63, 3.8) is 0 Å². The SMILES string of the molecule is CCOC(=O)c1cc(OC)c(O)c([N+](=O)[O-])c1C([O-])=C1C=C(C)ON1. The summed E-state index contributed by atoms with van der Waals surface area (Å²) in [4.78, 5) is 27.6. The van der Waals surface area contributed by atoms with Crippen molar-refractivity contribution >= 4 is 17.4 Å². The molecule has 1 heterocycles. The molecule has 25 heavy (non-hydrogen) atoms. The normalized spacial score (nSPS) is 14.9. The van der Waals surface area contributed by atoms with Crippen LogP contribution >= 0.6 is 0 Å². The number of nitrogens with zero attached hydrogens (tertiary/aromatic N) is 1. The van der Waals surface area contributed by atoms with Crippen LogP contribution in [0.4, 0.5) is 5.69 Å². The van der Waals surface area contributed by atoms with E-state index in [-0.39, 0.29) is 18.1 Å². The molecule has 10 heteroatoms. The number of nitro benzene ring substituents is 1. The van der Waals surface area contributed by atoms with Gasteiger partial charge in [0.25, 0.3) is 0 Å². The first kappa shape index (κ1) is 17.9. The summed E-state index contributed by atoms with van der Waals surface area (Å²) >= 11 is 0. The number of hydrogen-bond acceptors (Lipinski definition) is 9. The molecule has 0 unspecified atom stereocenters. The van der Waals surface area contributed by atoms with Crippen LogP contribution in [0.5, 0.6) is 11.5 Å². The predicted octanol–water partition coefficient (Wildman–Crippen LogP) is 0.953. The third-order valence-electron chi connectivity index (χ3n) is 3.28. The van der Waals surface area contributed by atoms with Gasteiger partial charge in [-0.3, -0.25) is 10.1 Å². The van der Waals surface area contributed by atoms with Crippen molar-refractivity contribution in [1.29, 1.82) is 0 Å². The van der Waals surface area contributed by atoms with Crippen LogP contribution in [0.15, 0.2) is 23.6 Å². The quantitative estimate of drug-likeness (QED) is 0.343. The standard InChI is InChI=1S/C15H16N2O8/c1-4-24-15(20)8-6-10(23-3)14(19)12(17(21)22)11(8)13(18)9-5-7(2)25-16-9/h5-6,16,18-19H,4H2,1-3H3/p-1. The highest BCUT2D eigenvalue weighted by atomic mass is 16.7. The molecular formula is C15H15N2O8-. The van der Waals surface area contributed by atoms with Gasteiger partial charge in [-0.1, -0.05) is 5.76 Å². The average molecular weight is 351 g/mol. The number of ether oxygens (including phenoxy) is 2. The van der Waals surface area contributed by atoms with Gasteiger partial charge in [-0.2, -0.15) is 0 Å². The Labute approximate surface area is 142 Å². The van der Waals surface area contributed by atoms with Crippen LogP contribution in [0.2, 0.25) is 0 Å². The smallest absolute Gasteiger partial charge is 0.339 e. The predicted molar refractivity (Wildman–Crippen MR) is 82.2 cm³/mol. The summed E-state index contributed by atoms with van der Waals surface area (Å²) in [6.45, 7) is 3.08. The fourth-order valence-electron chi connectivity index (χ4n) is 2.21. The Bertz CT molecular complexity index is 797. The van der Waals surface area contributed by atoms with Crippen molar-refractivity contribution in [3.05, 3.63) is 44.8 Å². The maximum absolute atomic E-state index is 12.7. The molecule has 2 rings (SSSR count). The van der Waals surface area contributed by atoms with E-state index in [9.17, 15) is 25.1 Å². The van der Waals surface area contributed by atoms with Crippen LogP contribution in [0.3, 0.4) is 0 Å². The van der Waals surface area contributed by atoms with E-state index in [1.807, 2.05) is 0 Å². The second kappa shape index (κ2) is 6.99. The van der Waals surface area contributed by atoms with Crippen molar-refractivity contribution in [1.82, 2.24) is 5.48 Å². The first-order valence-corrected chi connectivity index (χ1v) is 7.10. The molecule has 1 aliphatic rings. The minimum atomic E-state index is -0.971. The van der Waals surface area contributed by atoms with Gasteiger partial charge in [0, 0.05) is 6.08 Å². The van der Waals surface area contributed by atoms with Crippen LogP contribution in [0.1, 0.15) is 29.8 Å². The zero-order valence-corrected chi connectivity index (χ0v) is 13.6. The van der Waals surface area contributed by atoms with Crippen molar-refractivity contribution in [2.24, 2.45) is 0 Å². The minimum absolute atomic E-state index is 0.0135. The summed E-state index contributed by atoms with van der Waals surface area (Å²) in [5.74, 6) is -2.73. The second-order valence-electron chi connectivity index (χ2n) is 4.88. The van der Waals surface area contributed by atoms with Crippen LogP contribution in [0.25, 0.3) is 5.76 Å². The zero-order chi connectivity index (χ0) is 18.7. The van der Waals surface area contributed by atoms with Gasteiger partial charge >= 0.3 is 11.7 Å². The molecule has 0 saturated heterocycles. The number of hydrogen-bond donors (Lipinski definition) is 2. The number of phenols is 1. The monoisotopic (exact) mass is 351 g/mol. The van der Waals surface area contributed by atoms with Gasteiger partial charge < -0.3 is 24.5 Å². The van der Waals surface area contributed by atoms with Crippen molar-refractivity contribution < 1.29 is 34.2 Å². The Morgan fingerprint density at radius 2 is 2.16 bits per heavy atom. The molecule has 0 aromatic heterocycles. The number of carbonyl (C=O) groups excluding carboxylic acids is 1. The Kier molecular flexibility index (Phi) is 5.01. The molecule has 10 nitrogen and oxygen atoms in total. The Balaban J connectivity index is 2.85. The zero-order valence-electron chi connectivity index (χ0n) is 13.6. The van der Waals surface area contributed by atoms with Gasteiger partial charge in [-0.25, -0.2) is 10.3 Å². The number of esters is 1. The molecule has 0 aliphatic carbocycles. The Morgan fingerprint density at radius 1 is 1.48 bits per heavy atom. The van der Waals surface area contributed by atoms with Crippen LogP contribution in [-0.4, -0.2) is 29.7 Å². The summed E-state index contributed by atoms with van der Waals surface area (Å²) in [5.41, 5.74) is 0.188. The molecular weight excluding hydrogens is 336 g/mol. The number of hydroxylamine groups is 1. The van der Waals surface area contributed by atoms with E-state index in [1.165, 1.54) is 6.08 Å². The average Bonchev–Trinajstić information content (AvgIpc) is 2.99. The number of methoxy groups -OCH3 is 1. The molecule has 0 saturated carbocycles. The maximum Gasteiger partial charge on any atom is 0.339 e. The third-order valence-corrected chi connectivity index (χ3v) is 3.28. The number of carbonyl (C=O) groups is 1. The highest BCUT2D eigenvalue weighted by Gasteiger charge is 2.31. The van der Waals surface area contributed by atoms with E-state index in [0.29, 0.717) is 5.76 Å². The summed E-state index contributed by atoms with van der Waals surface area (Å²) in [5, 5.41) is 34.2. The fraction of sp³-hybridized carbons (Fsp3) is 0.267. The van der Waals surface area contributed by atoms with Crippen molar-refractivity contribution in [3.8, 4) is 11.5 Å². The van der Waals surface area contributed by atoms with E-state index in [0.717, 1.165) is 13.2 Å². The molecule has 0 fully saturated rings. The third kappa shape index (κ3) is 3.27. The van der Waals surface area contributed by atoms with E-state index >= 15 is 0 Å². The largest absolute Gasteiger partial charge is 0.870 e. The molecule has 1 aromatic rings. The molecule has 1 aromatic carbocycles. The molecule has 134 valence electrons. The highest BCUT2D eigenvalue weighted by Crippen LogP contribution is 2.43. The topological polar surface area (TPSA) is 143 Å². The number of nitro groups is 1. The lowest BCUT2D eigenvalue weighted by atomic mass is 10.0. The van der Waals surface area contributed by atoms with E-state index in [1.54, 1.807) is 13.8 Å². The van der Waals surface area contributed by atoms with E-state index < -0.39 is 39.2 Å². The van der Waals surface area contributed by atoms with Gasteiger partial charge in [0.05, 0.1) is 35.5 Å². The summed E-state index contributed by atoms with van der Waals surface area (Å²) in [6, 6.07) is 1.01. The molecule has 0 amide bonds. The Morgan fingerprint density at radius 3 is 2.64 bits per heavy atom.